The Kier molecular flexibility index (Phi) is 8.55. The fourth-order valence-corrected chi connectivity index (χ4v) is 2.99. The van der Waals surface area contributed by atoms with Crippen LogP contribution in [0.1, 0.15) is 25.8 Å². The molecule has 0 bridgehead atoms. The number of benzene rings is 1. The maximum absolute atomic E-state index is 12.5. The smallest absolute Gasteiger partial charge is 0.271 e. The van der Waals surface area contributed by atoms with Crippen LogP contribution in [-0.2, 0) is 21.1 Å². The van der Waals surface area contributed by atoms with E-state index in [1.54, 1.807) is 24.3 Å². The lowest BCUT2D eigenvalue weighted by atomic mass is 10.0. The van der Waals surface area contributed by atoms with Gasteiger partial charge in [0.15, 0.2) is 0 Å². The zero-order valence-corrected chi connectivity index (χ0v) is 14.5. The molecule has 2 atom stereocenters. The average molecular weight is 346 g/mol. The first-order valence-electron chi connectivity index (χ1n) is 6.80. The number of rotatable bonds is 6. The van der Waals surface area contributed by atoms with E-state index in [0.717, 1.165) is 5.56 Å². The molecule has 1 unspecified atom stereocenters. The summed E-state index contributed by atoms with van der Waals surface area (Å²) < 4.78 is 16.1. The van der Waals surface area contributed by atoms with E-state index in [1.165, 1.54) is 0 Å². The predicted octanol–water partition coefficient (Wildman–Crippen LogP) is 2.44. The number of allylic oxidation sites excluding steroid dienone is 1. The van der Waals surface area contributed by atoms with Gasteiger partial charge in [0.05, 0.1) is 10.9 Å². The first kappa shape index (κ1) is 20.8. The largest absolute Gasteiger partial charge is 0.320 e. The second kappa shape index (κ2) is 9.05. The monoisotopic (exact) mass is 345 g/mol. The lowest BCUT2D eigenvalue weighted by Gasteiger charge is -2.11. The molecule has 0 heterocycles. The van der Waals surface area contributed by atoms with Crippen molar-refractivity contribution in [3.8, 4) is 0 Å². The van der Waals surface area contributed by atoms with Crippen molar-refractivity contribution >= 4 is 28.2 Å². The Morgan fingerprint density at radius 3 is 2.64 bits per heavy atom. The molecule has 0 fully saturated rings. The molecule has 124 valence electrons. The van der Waals surface area contributed by atoms with Gasteiger partial charge < -0.3 is 5.73 Å². The molecule has 1 amide bonds. The van der Waals surface area contributed by atoms with E-state index in [4.69, 9.17) is 10.9 Å². The van der Waals surface area contributed by atoms with Crippen LogP contribution in [0, 0.1) is 5.92 Å². The highest BCUT2D eigenvalue weighted by molar-refractivity contribution is 7.91. The van der Waals surface area contributed by atoms with Crippen LogP contribution in [0.2, 0.25) is 0 Å². The number of nitrogens with two attached hydrogens (primary N) is 2. The van der Waals surface area contributed by atoms with Gasteiger partial charge in [-0.1, -0.05) is 32.1 Å². The standard InChI is InChI=1S/C15H23N3O2S.ClH/c1-4-6-12-7-5-8-13(10-12)21(17,20)18-15(19)14(16)9-11(2)3;/h4-5,7-8,10-11,14H,1,6,9,16H2,2-3H3,(H2,17,18,19,20);1H/t14-,21?;/m0./s1. The zero-order chi connectivity index (χ0) is 16.0. The lowest BCUT2D eigenvalue weighted by molar-refractivity contribution is -0.119. The van der Waals surface area contributed by atoms with Gasteiger partial charge in [0.25, 0.3) is 5.91 Å². The van der Waals surface area contributed by atoms with Gasteiger partial charge in [-0.15, -0.1) is 23.3 Å². The molecule has 1 aromatic carbocycles. The average Bonchev–Trinajstić information content (AvgIpc) is 2.38. The maximum Gasteiger partial charge on any atom is 0.271 e. The molecule has 22 heavy (non-hydrogen) atoms. The number of carbonyl (C=O) groups is 1. The molecule has 0 spiro atoms. The minimum atomic E-state index is -3.27. The van der Waals surface area contributed by atoms with Crippen LogP contribution in [0.15, 0.2) is 46.2 Å². The van der Waals surface area contributed by atoms with E-state index in [2.05, 4.69) is 10.9 Å². The molecule has 5 nitrogen and oxygen atoms in total. The zero-order valence-electron chi connectivity index (χ0n) is 12.9. The van der Waals surface area contributed by atoms with Crippen molar-refractivity contribution in [2.24, 2.45) is 21.2 Å². The Bertz CT molecular complexity index is 637. The molecule has 0 aliphatic heterocycles. The molecule has 0 aliphatic rings. The lowest BCUT2D eigenvalue weighted by Crippen LogP contribution is -2.32. The fraction of sp³-hybridized carbons (Fsp3) is 0.400. The van der Waals surface area contributed by atoms with Gasteiger partial charge in [0, 0.05) is 0 Å². The summed E-state index contributed by atoms with van der Waals surface area (Å²) in [5, 5.41) is 5.73. The molecule has 0 aliphatic carbocycles. The molecule has 0 saturated heterocycles. The molecule has 1 rings (SSSR count). The van der Waals surface area contributed by atoms with Crippen molar-refractivity contribution in [1.29, 1.82) is 0 Å². The second-order valence-electron chi connectivity index (χ2n) is 5.37. The maximum atomic E-state index is 12.5. The first-order valence-corrected chi connectivity index (χ1v) is 8.38. The summed E-state index contributed by atoms with van der Waals surface area (Å²) in [5.41, 5.74) is 6.66. The van der Waals surface area contributed by atoms with E-state index in [1.807, 2.05) is 19.9 Å². The number of amides is 1. The summed E-state index contributed by atoms with van der Waals surface area (Å²) in [6.45, 7) is 7.55. The van der Waals surface area contributed by atoms with Crippen LogP contribution >= 0.6 is 12.4 Å². The van der Waals surface area contributed by atoms with E-state index >= 15 is 0 Å². The summed E-state index contributed by atoms with van der Waals surface area (Å²) in [4.78, 5) is 12.2. The summed E-state index contributed by atoms with van der Waals surface area (Å²) in [5.74, 6) is -0.366. The van der Waals surface area contributed by atoms with Gasteiger partial charge in [0.1, 0.15) is 9.92 Å². The normalized spacial score (nSPS) is 14.6. The number of nitrogens with zero attached hydrogens (tertiary/aromatic N) is 1. The molecule has 7 heteroatoms. The van der Waals surface area contributed by atoms with Crippen LogP contribution in [0.5, 0.6) is 0 Å². The Hall–Kier alpha value is -1.21. The van der Waals surface area contributed by atoms with Crippen LogP contribution in [-0.4, -0.2) is 16.2 Å². The topological polar surface area (TPSA) is 98.5 Å². The van der Waals surface area contributed by atoms with Gasteiger partial charge in [-0.2, -0.15) is 0 Å². The van der Waals surface area contributed by atoms with Crippen LogP contribution in [0.3, 0.4) is 0 Å². The minimum Gasteiger partial charge on any atom is -0.320 e. The van der Waals surface area contributed by atoms with Crippen molar-refractivity contribution < 1.29 is 9.00 Å². The van der Waals surface area contributed by atoms with Crippen molar-refractivity contribution in [1.82, 2.24) is 0 Å². The highest BCUT2D eigenvalue weighted by Crippen LogP contribution is 2.14. The van der Waals surface area contributed by atoms with E-state index in [0.29, 0.717) is 17.7 Å². The molecule has 0 radical (unpaired) electrons. The molecule has 0 saturated carbocycles. The molecular formula is C15H24ClN3O2S. The van der Waals surface area contributed by atoms with Gasteiger partial charge in [-0.3, -0.25) is 4.79 Å². The third-order valence-electron chi connectivity index (χ3n) is 2.88. The van der Waals surface area contributed by atoms with Gasteiger partial charge in [0.2, 0.25) is 0 Å². The molecular weight excluding hydrogens is 322 g/mol. The Morgan fingerprint density at radius 1 is 1.45 bits per heavy atom. The number of halogens is 1. The summed E-state index contributed by atoms with van der Waals surface area (Å²) >= 11 is 0. The van der Waals surface area contributed by atoms with Gasteiger partial charge >= 0.3 is 0 Å². The van der Waals surface area contributed by atoms with Crippen molar-refractivity contribution in [3.05, 3.63) is 42.5 Å². The summed E-state index contributed by atoms with van der Waals surface area (Å²) in [6, 6.07) is 6.10. The Labute approximate surface area is 138 Å². The van der Waals surface area contributed by atoms with Gasteiger partial charge in [-0.05, 0) is 36.5 Å². The third kappa shape index (κ3) is 6.27. The molecule has 1 aromatic rings. The second-order valence-corrected chi connectivity index (χ2v) is 7.17. The minimum absolute atomic E-state index is 0. The van der Waals surface area contributed by atoms with Crippen LogP contribution in [0.4, 0.5) is 0 Å². The number of hydrogen-bond donors (Lipinski definition) is 2. The quantitative estimate of drug-likeness (QED) is 0.774. The number of hydrogen-bond acceptors (Lipinski definition) is 3. The van der Waals surface area contributed by atoms with Crippen molar-refractivity contribution in [2.45, 2.75) is 37.6 Å². The van der Waals surface area contributed by atoms with E-state index in [9.17, 15) is 9.00 Å². The van der Waals surface area contributed by atoms with Crippen molar-refractivity contribution in [2.75, 3.05) is 0 Å². The third-order valence-corrected chi connectivity index (χ3v) is 4.26. The van der Waals surface area contributed by atoms with Gasteiger partial charge in [-0.25, -0.2) is 9.35 Å². The summed E-state index contributed by atoms with van der Waals surface area (Å²) in [6.07, 6.45) is 2.84. The molecule has 0 aromatic heterocycles. The van der Waals surface area contributed by atoms with Crippen LogP contribution < -0.4 is 10.9 Å². The fourth-order valence-electron chi connectivity index (χ4n) is 1.88. The first-order chi connectivity index (χ1) is 9.76. The molecule has 4 N–H and O–H groups in total. The Morgan fingerprint density at radius 2 is 2.09 bits per heavy atom. The Balaban J connectivity index is 0.00000441. The van der Waals surface area contributed by atoms with Crippen molar-refractivity contribution in [3.63, 3.8) is 0 Å². The van der Waals surface area contributed by atoms with Crippen LogP contribution in [0.25, 0.3) is 0 Å². The van der Waals surface area contributed by atoms with E-state index < -0.39 is 21.9 Å². The highest BCUT2D eigenvalue weighted by Gasteiger charge is 2.17. The summed E-state index contributed by atoms with van der Waals surface area (Å²) in [7, 11) is -3.27. The van der Waals surface area contributed by atoms with E-state index in [-0.39, 0.29) is 18.3 Å². The SMILES string of the molecule is C=CCc1cccc(S(N)(=O)=NC(=O)[C@@H](N)CC(C)C)c1.Cl. The predicted molar refractivity (Wildman–Crippen MR) is 93.1 cm³/mol. The number of carbonyl (C=O) groups excluding carboxylic acids is 1. The highest BCUT2D eigenvalue weighted by atomic mass is 35.5.